The maximum absolute atomic E-state index is 15.3. The summed E-state index contributed by atoms with van der Waals surface area (Å²) in [5, 5.41) is 9.44. The van der Waals surface area contributed by atoms with E-state index in [2.05, 4.69) is 0 Å². The molecule has 0 amide bonds. The van der Waals surface area contributed by atoms with Crippen molar-refractivity contribution < 1.29 is 14.3 Å². The fourth-order valence-electron chi connectivity index (χ4n) is 5.56. The van der Waals surface area contributed by atoms with Gasteiger partial charge in [-0.3, -0.25) is 9.20 Å². The van der Waals surface area contributed by atoms with E-state index in [9.17, 15) is 14.7 Å². The summed E-state index contributed by atoms with van der Waals surface area (Å²) in [4.78, 5) is 26.3. The zero-order valence-electron chi connectivity index (χ0n) is 17.0. The van der Waals surface area contributed by atoms with Gasteiger partial charge >= 0.3 is 5.97 Å². The summed E-state index contributed by atoms with van der Waals surface area (Å²) in [6, 6.07) is 1.50. The Hall–Kier alpha value is -2.12. The lowest BCUT2D eigenvalue weighted by Gasteiger charge is -2.34. The van der Waals surface area contributed by atoms with Crippen LogP contribution in [0, 0.1) is 18.7 Å². The maximum Gasteiger partial charge on any atom is 0.341 e. The Bertz CT molecular complexity index is 1100. The van der Waals surface area contributed by atoms with Crippen molar-refractivity contribution in [3.05, 3.63) is 45.1 Å². The quantitative estimate of drug-likeness (QED) is 0.770. The van der Waals surface area contributed by atoms with E-state index in [1.807, 2.05) is 11.8 Å². The van der Waals surface area contributed by atoms with Crippen LogP contribution in [0.5, 0.6) is 0 Å². The highest BCUT2D eigenvalue weighted by Crippen LogP contribution is 2.45. The van der Waals surface area contributed by atoms with Crippen molar-refractivity contribution in [1.82, 2.24) is 4.40 Å². The highest BCUT2D eigenvalue weighted by molar-refractivity contribution is 5.89. The zero-order chi connectivity index (χ0) is 20.5. The summed E-state index contributed by atoms with van der Waals surface area (Å²) in [7, 11) is 0. The van der Waals surface area contributed by atoms with E-state index in [1.165, 1.54) is 16.7 Å². The van der Waals surface area contributed by atoms with Gasteiger partial charge < -0.3 is 15.7 Å². The van der Waals surface area contributed by atoms with Gasteiger partial charge in [-0.15, -0.1) is 12.4 Å². The van der Waals surface area contributed by atoms with Crippen LogP contribution in [0.15, 0.2) is 17.1 Å². The second kappa shape index (κ2) is 7.24. The Morgan fingerprint density at radius 3 is 2.67 bits per heavy atom. The first kappa shape index (κ1) is 21.1. The molecule has 0 bridgehead atoms. The Balaban J connectivity index is 0.00000218. The maximum atomic E-state index is 15.3. The number of rotatable bonds is 3. The first-order chi connectivity index (χ1) is 13.8. The van der Waals surface area contributed by atoms with E-state index in [1.54, 1.807) is 0 Å². The van der Waals surface area contributed by atoms with Gasteiger partial charge in [0.2, 0.25) is 0 Å². The number of pyridine rings is 2. The molecule has 0 aromatic carbocycles. The van der Waals surface area contributed by atoms with Crippen LogP contribution in [0.25, 0.3) is 5.52 Å². The van der Waals surface area contributed by atoms with Gasteiger partial charge in [0.25, 0.3) is 5.56 Å². The van der Waals surface area contributed by atoms with Crippen LogP contribution in [0.4, 0.5) is 10.1 Å². The molecular formula is C22H27ClFN3O3. The van der Waals surface area contributed by atoms with Crippen molar-refractivity contribution in [2.24, 2.45) is 11.7 Å². The number of halogens is 2. The molecule has 2 saturated carbocycles. The molecule has 3 N–H and O–H groups in total. The van der Waals surface area contributed by atoms with Crippen molar-refractivity contribution in [3.8, 4) is 0 Å². The molecule has 2 aromatic heterocycles. The topological polar surface area (TPSA) is 88.0 Å². The predicted molar refractivity (Wildman–Crippen MR) is 116 cm³/mol. The molecule has 2 aliphatic carbocycles. The van der Waals surface area contributed by atoms with Crippen LogP contribution < -0.4 is 16.2 Å². The van der Waals surface area contributed by atoms with Crippen LogP contribution >= 0.6 is 12.4 Å². The molecule has 3 fully saturated rings. The molecule has 6 nitrogen and oxygen atoms in total. The molecule has 30 heavy (non-hydrogen) atoms. The summed E-state index contributed by atoms with van der Waals surface area (Å²) >= 11 is 0. The van der Waals surface area contributed by atoms with Crippen LogP contribution in [0.2, 0.25) is 0 Å². The lowest BCUT2D eigenvalue weighted by atomic mass is 9.76. The summed E-state index contributed by atoms with van der Waals surface area (Å²) in [5.74, 6) is -1.20. The minimum atomic E-state index is -1.28. The van der Waals surface area contributed by atoms with Gasteiger partial charge in [0, 0.05) is 18.6 Å². The Kier molecular flexibility index (Phi) is 5.10. The van der Waals surface area contributed by atoms with Gasteiger partial charge in [-0.25, -0.2) is 9.18 Å². The third-order valence-corrected chi connectivity index (χ3v) is 7.19. The fourth-order valence-corrected chi connectivity index (χ4v) is 5.56. The number of carboxylic acids is 1. The fraction of sp³-hybridized carbons (Fsp3) is 0.545. The summed E-state index contributed by atoms with van der Waals surface area (Å²) in [6.45, 7) is 3.17. The smallest absolute Gasteiger partial charge is 0.341 e. The van der Waals surface area contributed by atoms with E-state index in [4.69, 9.17) is 5.73 Å². The van der Waals surface area contributed by atoms with E-state index >= 15 is 4.39 Å². The first-order valence-corrected chi connectivity index (χ1v) is 10.5. The number of anilines is 1. The molecule has 8 heteroatoms. The monoisotopic (exact) mass is 435 g/mol. The molecule has 1 aliphatic heterocycles. The first-order valence-electron chi connectivity index (χ1n) is 10.5. The van der Waals surface area contributed by atoms with Crippen molar-refractivity contribution in [2.45, 2.75) is 56.9 Å². The minimum Gasteiger partial charge on any atom is -0.477 e. The summed E-state index contributed by atoms with van der Waals surface area (Å²) < 4.78 is 16.5. The van der Waals surface area contributed by atoms with Crippen LogP contribution in [0.1, 0.15) is 65.9 Å². The van der Waals surface area contributed by atoms with Crippen LogP contribution in [-0.2, 0) is 0 Å². The highest BCUT2D eigenvalue weighted by atomic mass is 35.5. The molecule has 2 aromatic rings. The number of carboxylic acid groups (broad SMARTS) is 1. The molecule has 162 valence electrons. The Morgan fingerprint density at radius 1 is 1.30 bits per heavy atom. The standard InChI is InChI=1S/C22H26FN3O3.ClH/c1-12-18-15(13-5-6-13)8-16(21(28)29)20(27)26(18)10-17(23)19(12)25-9-14-4-2-3-7-22(14,24)11-25;/h8,10,13-14H,2-7,9,11,24H2,1H3,(H,28,29);1H. The molecule has 2 unspecified atom stereocenters. The average molecular weight is 436 g/mol. The number of hydrogen-bond acceptors (Lipinski definition) is 4. The second-order valence-electron chi connectivity index (χ2n) is 9.12. The average Bonchev–Trinajstić information content (AvgIpc) is 3.43. The van der Waals surface area contributed by atoms with Crippen molar-refractivity contribution in [1.29, 1.82) is 0 Å². The highest BCUT2D eigenvalue weighted by Gasteiger charge is 2.45. The van der Waals surface area contributed by atoms with Crippen molar-refractivity contribution in [3.63, 3.8) is 0 Å². The number of hydrogen-bond donors (Lipinski definition) is 2. The molecule has 0 radical (unpaired) electrons. The number of aryl methyl sites for hydroxylation is 1. The van der Waals surface area contributed by atoms with Crippen molar-refractivity contribution in [2.75, 3.05) is 18.0 Å². The Labute approximate surface area is 180 Å². The number of nitrogens with two attached hydrogens (primary N) is 1. The number of carbonyl (C=O) groups is 1. The number of fused-ring (bicyclic) bond motifs is 2. The van der Waals surface area contributed by atoms with Crippen LogP contribution in [0.3, 0.4) is 0 Å². The summed E-state index contributed by atoms with van der Waals surface area (Å²) in [5.41, 5.74) is 8.11. The molecule has 2 atom stereocenters. The predicted octanol–water partition coefficient (Wildman–Crippen LogP) is 3.45. The van der Waals surface area contributed by atoms with Gasteiger partial charge in [-0.2, -0.15) is 0 Å². The van der Waals surface area contributed by atoms with E-state index in [0.29, 0.717) is 29.2 Å². The van der Waals surface area contributed by atoms with Gasteiger partial charge in [0.1, 0.15) is 5.56 Å². The lowest BCUT2D eigenvalue weighted by Crippen LogP contribution is -2.49. The summed E-state index contributed by atoms with van der Waals surface area (Å²) in [6.07, 6.45) is 7.37. The molecule has 0 spiro atoms. The number of aromatic carboxylic acids is 1. The molecule has 3 aliphatic rings. The van der Waals surface area contributed by atoms with Crippen LogP contribution in [-0.4, -0.2) is 34.1 Å². The van der Waals surface area contributed by atoms with Gasteiger partial charge in [0.05, 0.1) is 17.4 Å². The molecular weight excluding hydrogens is 409 g/mol. The van der Waals surface area contributed by atoms with Crippen molar-refractivity contribution >= 4 is 29.6 Å². The minimum absolute atomic E-state index is 0. The SMILES string of the molecule is Cc1c(N2CC3CCCCC3(N)C2)c(F)cn2c(=O)c(C(=O)O)cc(C3CC3)c12.Cl. The largest absolute Gasteiger partial charge is 0.477 e. The third-order valence-electron chi connectivity index (χ3n) is 7.19. The number of nitrogens with zero attached hydrogens (tertiary/aromatic N) is 2. The van der Waals surface area contributed by atoms with E-state index < -0.39 is 17.3 Å². The lowest BCUT2D eigenvalue weighted by molar-refractivity contribution is 0.0694. The number of aromatic nitrogens is 1. The van der Waals surface area contributed by atoms with Gasteiger partial charge in [-0.1, -0.05) is 12.8 Å². The van der Waals surface area contributed by atoms with Gasteiger partial charge in [-0.05, 0) is 61.6 Å². The Morgan fingerprint density at radius 2 is 2.03 bits per heavy atom. The third kappa shape index (κ3) is 3.10. The zero-order valence-corrected chi connectivity index (χ0v) is 17.8. The van der Waals surface area contributed by atoms with E-state index in [0.717, 1.165) is 50.6 Å². The molecule has 5 rings (SSSR count). The van der Waals surface area contributed by atoms with E-state index in [-0.39, 0.29) is 29.4 Å². The van der Waals surface area contributed by atoms with Gasteiger partial charge in [0.15, 0.2) is 5.82 Å². The molecule has 1 saturated heterocycles. The molecule has 3 heterocycles. The second-order valence-corrected chi connectivity index (χ2v) is 9.12. The normalized spacial score (nSPS) is 25.8.